The number of aromatic nitrogens is 1. The molecular weight excluding hydrogens is 704 g/mol. The van der Waals surface area contributed by atoms with Crippen LogP contribution in [0.15, 0.2) is 109 Å². The molecule has 4 heterocycles. The van der Waals surface area contributed by atoms with Crippen LogP contribution in [0.4, 0.5) is 11.4 Å². The topological polar surface area (TPSA) is 17.0 Å². The summed E-state index contributed by atoms with van der Waals surface area (Å²) in [6.45, 7) is 20.7. The summed E-state index contributed by atoms with van der Waals surface area (Å²) < 4.78 is 7.95. The van der Waals surface area contributed by atoms with Gasteiger partial charge in [-0.15, -0.1) is 22.7 Å². The Kier molecular flexibility index (Phi) is 7.45. The van der Waals surface area contributed by atoms with E-state index in [9.17, 15) is 0 Å². The van der Waals surface area contributed by atoms with Crippen LogP contribution >= 0.6 is 22.7 Å². The average molecular weight is 750 g/mol. The molecule has 0 unspecified atom stereocenters. The van der Waals surface area contributed by atoms with Gasteiger partial charge in [0.2, 0.25) is 7.28 Å². The lowest BCUT2D eigenvalue weighted by atomic mass is 9.63. The molecule has 0 aliphatic carbocycles. The van der Waals surface area contributed by atoms with Crippen LogP contribution in [0.2, 0.25) is 0 Å². The monoisotopic (exact) mass is 749 g/mol. The summed E-state index contributed by atoms with van der Waals surface area (Å²) in [6, 6.07) is 41.7. The molecule has 0 saturated carbocycles. The molecule has 1 aliphatic rings. The molecule has 0 amide bonds. The van der Waals surface area contributed by atoms with Gasteiger partial charge in [-0.05, 0) is 103 Å². The molecule has 0 bridgehead atoms. The Morgan fingerprint density at radius 3 is 1.93 bits per heavy atom. The fourth-order valence-electron chi connectivity index (χ4n) is 8.54. The second-order valence-corrected chi connectivity index (χ2v) is 20.8. The number of fused-ring (bicyclic) bond motifs is 10. The number of hydrogen-bond acceptors (Lipinski definition) is 3. The van der Waals surface area contributed by atoms with Crippen LogP contribution < -0.4 is 15.6 Å². The number of hydrogen-bond donors (Lipinski definition) is 1. The van der Waals surface area contributed by atoms with Crippen LogP contribution in [0.5, 0.6) is 0 Å². The van der Waals surface area contributed by atoms with Crippen molar-refractivity contribution in [2.45, 2.75) is 78.6 Å². The van der Waals surface area contributed by atoms with Crippen LogP contribution in [-0.2, 0) is 16.2 Å². The quantitative estimate of drug-likeness (QED) is 0.178. The van der Waals surface area contributed by atoms with Crippen molar-refractivity contribution in [2.24, 2.45) is 0 Å². The fourth-order valence-corrected chi connectivity index (χ4v) is 10.8. The SMILES string of the molecule is CC(C)(C)c1ccc(Nc2ccc(C(C)(C)C)cc2-c2ccc3c4cc5sc6ccccc6c5cc4n4c3c2[B]c2sc3ccc(C(C)(C)C)cc3c2-4)cc1. The van der Waals surface area contributed by atoms with E-state index in [0.717, 1.165) is 11.4 Å². The zero-order valence-electron chi connectivity index (χ0n) is 33.2. The Morgan fingerprint density at radius 1 is 0.509 bits per heavy atom. The molecular formula is C50H46BN2S2. The third-order valence-corrected chi connectivity index (χ3v) is 14.0. The van der Waals surface area contributed by atoms with E-state index in [1.165, 1.54) is 95.8 Å². The van der Waals surface area contributed by atoms with Gasteiger partial charge in [-0.25, -0.2) is 0 Å². The van der Waals surface area contributed by atoms with E-state index in [1.54, 1.807) is 0 Å². The lowest BCUT2D eigenvalue weighted by Crippen LogP contribution is -2.35. The highest BCUT2D eigenvalue weighted by Gasteiger charge is 2.31. The van der Waals surface area contributed by atoms with Gasteiger partial charge in [0.25, 0.3) is 0 Å². The van der Waals surface area contributed by atoms with Crippen molar-refractivity contribution in [3.05, 3.63) is 126 Å². The van der Waals surface area contributed by atoms with E-state index < -0.39 is 0 Å². The van der Waals surface area contributed by atoms with E-state index >= 15 is 0 Å². The van der Waals surface area contributed by atoms with Gasteiger partial charge in [-0.2, -0.15) is 0 Å². The minimum atomic E-state index is -0.000486. The molecule has 1 radical (unpaired) electrons. The molecule has 3 aromatic heterocycles. The first-order chi connectivity index (χ1) is 26.1. The molecule has 0 saturated heterocycles. The smallest absolute Gasteiger partial charge is 0.211 e. The normalized spacial score (nSPS) is 13.3. The van der Waals surface area contributed by atoms with E-state index in [0.29, 0.717) is 0 Å². The molecule has 0 spiro atoms. The summed E-state index contributed by atoms with van der Waals surface area (Å²) in [6.07, 6.45) is 0. The van der Waals surface area contributed by atoms with Crippen LogP contribution in [-0.4, -0.2) is 11.8 Å². The Balaban J connectivity index is 1.27. The maximum absolute atomic E-state index is 3.87. The van der Waals surface area contributed by atoms with Gasteiger partial charge in [0.1, 0.15) is 0 Å². The summed E-state index contributed by atoms with van der Waals surface area (Å²) in [7, 11) is 2.50. The minimum absolute atomic E-state index is 0.000486. The molecule has 6 aromatic carbocycles. The maximum atomic E-state index is 3.87. The maximum Gasteiger partial charge on any atom is 0.211 e. The molecule has 55 heavy (non-hydrogen) atoms. The summed E-state index contributed by atoms with van der Waals surface area (Å²) in [5.41, 5.74) is 14.0. The van der Waals surface area contributed by atoms with Crippen molar-refractivity contribution in [2.75, 3.05) is 5.32 Å². The van der Waals surface area contributed by atoms with Gasteiger partial charge in [0.05, 0.1) is 11.2 Å². The largest absolute Gasteiger partial charge is 0.355 e. The lowest BCUT2D eigenvalue weighted by Gasteiger charge is -2.25. The van der Waals surface area contributed by atoms with Crippen molar-refractivity contribution >= 4 is 104 Å². The molecule has 1 aliphatic heterocycles. The molecule has 0 fully saturated rings. The fraction of sp³-hybridized carbons (Fsp3) is 0.240. The van der Waals surface area contributed by atoms with Gasteiger partial charge in [0, 0.05) is 63.5 Å². The summed E-state index contributed by atoms with van der Waals surface area (Å²) in [5, 5.41) is 10.5. The number of nitrogens with one attached hydrogen (secondary N) is 1. The Bertz CT molecular complexity index is 3020. The predicted molar refractivity (Wildman–Crippen MR) is 245 cm³/mol. The minimum Gasteiger partial charge on any atom is -0.355 e. The summed E-state index contributed by atoms with van der Waals surface area (Å²) in [5.74, 6) is 0. The summed E-state index contributed by atoms with van der Waals surface area (Å²) in [4.78, 5) is 0. The Hall–Kier alpha value is -4.84. The summed E-state index contributed by atoms with van der Waals surface area (Å²) >= 11 is 3.82. The second-order valence-electron chi connectivity index (χ2n) is 18.6. The van der Waals surface area contributed by atoms with Gasteiger partial charge in [-0.1, -0.05) is 117 Å². The van der Waals surface area contributed by atoms with E-state index in [4.69, 9.17) is 0 Å². The molecule has 10 rings (SSSR count). The first-order valence-corrected chi connectivity index (χ1v) is 21.1. The standard InChI is InChI=1S/C50H46BN2S2/c1-48(2,3)28-14-18-31(19-15-28)52-39-22-16-29(49(4,5)6)24-35(39)33-20-21-34-36-27-43-37(32-12-10-11-13-41(32)54-43)26-40(36)53-45(34)44(33)51-47-46(53)38-25-30(50(7,8)9)17-23-42(38)55-47/h10-27,52H,1-9H3. The second kappa shape index (κ2) is 11.8. The van der Waals surface area contributed by atoms with Gasteiger partial charge in [-0.3, -0.25) is 0 Å². The van der Waals surface area contributed by atoms with Gasteiger partial charge >= 0.3 is 0 Å². The molecule has 1 N–H and O–H groups in total. The number of nitrogens with zero attached hydrogens (tertiary/aromatic N) is 1. The third-order valence-electron chi connectivity index (χ3n) is 11.7. The first kappa shape index (κ1) is 34.6. The van der Waals surface area contributed by atoms with E-state index in [1.807, 2.05) is 22.7 Å². The van der Waals surface area contributed by atoms with Crippen LogP contribution in [0.25, 0.3) is 68.9 Å². The van der Waals surface area contributed by atoms with Crippen molar-refractivity contribution in [1.82, 2.24) is 4.57 Å². The molecule has 5 heteroatoms. The highest BCUT2D eigenvalue weighted by Crippen LogP contribution is 2.45. The highest BCUT2D eigenvalue weighted by molar-refractivity contribution is 7.29. The Labute approximate surface area is 333 Å². The number of anilines is 2. The number of rotatable bonds is 3. The predicted octanol–water partition coefficient (Wildman–Crippen LogP) is 13.6. The zero-order valence-corrected chi connectivity index (χ0v) is 34.9. The Morgan fingerprint density at radius 2 is 1.18 bits per heavy atom. The van der Waals surface area contributed by atoms with Crippen LogP contribution in [0.1, 0.15) is 79.0 Å². The van der Waals surface area contributed by atoms with Crippen LogP contribution in [0.3, 0.4) is 0 Å². The highest BCUT2D eigenvalue weighted by atomic mass is 32.1. The number of benzene rings is 6. The van der Waals surface area contributed by atoms with Crippen molar-refractivity contribution in [3.63, 3.8) is 0 Å². The molecule has 0 atom stereocenters. The van der Waals surface area contributed by atoms with Gasteiger partial charge < -0.3 is 9.88 Å². The lowest BCUT2D eigenvalue weighted by molar-refractivity contribution is 0.590. The van der Waals surface area contributed by atoms with Crippen LogP contribution in [0, 0.1) is 0 Å². The number of thiophene rings is 2. The van der Waals surface area contributed by atoms with E-state index in [-0.39, 0.29) is 16.2 Å². The zero-order chi connectivity index (χ0) is 38.2. The first-order valence-electron chi connectivity index (χ1n) is 19.5. The van der Waals surface area contributed by atoms with Crippen molar-refractivity contribution in [3.8, 4) is 16.8 Å². The van der Waals surface area contributed by atoms with E-state index in [2.05, 4.69) is 189 Å². The molecule has 2 nitrogen and oxygen atoms in total. The third kappa shape index (κ3) is 5.49. The van der Waals surface area contributed by atoms with Gasteiger partial charge in [0.15, 0.2) is 0 Å². The average Bonchev–Trinajstić information content (AvgIpc) is 3.79. The van der Waals surface area contributed by atoms with Crippen molar-refractivity contribution in [1.29, 1.82) is 0 Å². The molecule has 9 aromatic rings. The van der Waals surface area contributed by atoms with Crippen molar-refractivity contribution < 1.29 is 0 Å². The molecule has 271 valence electrons.